The van der Waals surface area contributed by atoms with Crippen LogP contribution in [-0.2, 0) is 14.3 Å². The molecule has 1 fully saturated rings. The van der Waals surface area contributed by atoms with Crippen LogP contribution in [0.1, 0.15) is 27.2 Å². The second kappa shape index (κ2) is 6.75. The van der Waals surface area contributed by atoms with Gasteiger partial charge in [0.1, 0.15) is 6.04 Å². The van der Waals surface area contributed by atoms with Crippen molar-refractivity contribution in [3.8, 4) is 0 Å². The lowest BCUT2D eigenvalue weighted by Gasteiger charge is -2.29. The monoisotopic (exact) mass is 272 g/mol. The zero-order chi connectivity index (χ0) is 14.6. The maximum absolute atomic E-state index is 12.5. The van der Waals surface area contributed by atoms with Crippen LogP contribution in [0.25, 0.3) is 0 Å². The first-order valence-electron chi connectivity index (χ1n) is 6.58. The Morgan fingerprint density at radius 3 is 2.37 bits per heavy atom. The zero-order valence-corrected chi connectivity index (χ0v) is 12.3. The summed E-state index contributed by atoms with van der Waals surface area (Å²) < 4.78 is 9.87. The second-order valence-corrected chi connectivity index (χ2v) is 5.29. The summed E-state index contributed by atoms with van der Waals surface area (Å²) in [5.74, 6) is -0.0761. The number of ether oxygens (including phenoxy) is 2. The van der Waals surface area contributed by atoms with E-state index in [1.807, 2.05) is 20.8 Å². The smallest absolute Gasteiger partial charge is 0.407 e. The Hall–Kier alpha value is -1.30. The van der Waals surface area contributed by atoms with Crippen LogP contribution in [0.4, 0.5) is 4.79 Å². The van der Waals surface area contributed by atoms with E-state index in [9.17, 15) is 9.59 Å². The van der Waals surface area contributed by atoms with Gasteiger partial charge in [0.2, 0.25) is 5.91 Å². The molecule has 0 spiro atoms. The molecule has 2 amide bonds. The molecule has 6 heteroatoms. The average molecular weight is 272 g/mol. The van der Waals surface area contributed by atoms with Crippen molar-refractivity contribution in [1.82, 2.24) is 10.2 Å². The van der Waals surface area contributed by atoms with Gasteiger partial charge in [0.15, 0.2) is 0 Å². The van der Waals surface area contributed by atoms with Gasteiger partial charge in [0.25, 0.3) is 0 Å². The molecule has 0 radical (unpaired) electrons. The van der Waals surface area contributed by atoms with Crippen molar-refractivity contribution in [1.29, 1.82) is 0 Å². The number of alkyl carbamates (subject to hydrolysis) is 1. The summed E-state index contributed by atoms with van der Waals surface area (Å²) in [4.78, 5) is 25.6. The molecule has 0 aromatic heterocycles. The predicted molar refractivity (Wildman–Crippen MR) is 70.8 cm³/mol. The van der Waals surface area contributed by atoms with E-state index >= 15 is 0 Å². The van der Waals surface area contributed by atoms with Gasteiger partial charge in [0, 0.05) is 19.7 Å². The SMILES string of the molecule is COC(=O)N[C@H](C(=O)N1C[C@H](OC)C[C@H]1C)C(C)C. The largest absolute Gasteiger partial charge is 0.453 e. The van der Waals surface area contributed by atoms with Crippen molar-refractivity contribution in [2.45, 2.75) is 45.4 Å². The van der Waals surface area contributed by atoms with E-state index in [2.05, 4.69) is 10.1 Å². The predicted octanol–water partition coefficient (Wildman–Crippen LogP) is 1.00. The van der Waals surface area contributed by atoms with Crippen molar-refractivity contribution in [3.63, 3.8) is 0 Å². The van der Waals surface area contributed by atoms with Gasteiger partial charge in [0.05, 0.1) is 13.2 Å². The fourth-order valence-corrected chi connectivity index (χ4v) is 2.34. The van der Waals surface area contributed by atoms with Crippen LogP contribution in [0, 0.1) is 5.92 Å². The van der Waals surface area contributed by atoms with Gasteiger partial charge in [-0.05, 0) is 19.3 Å². The minimum Gasteiger partial charge on any atom is -0.453 e. The Balaban J connectivity index is 2.74. The lowest BCUT2D eigenvalue weighted by Crippen LogP contribution is -2.52. The first-order chi connectivity index (χ1) is 8.90. The summed E-state index contributed by atoms with van der Waals surface area (Å²) in [5, 5.41) is 2.60. The van der Waals surface area contributed by atoms with E-state index in [1.165, 1.54) is 7.11 Å². The van der Waals surface area contributed by atoms with E-state index in [0.717, 1.165) is 6.42 Å². The Morgan fingerprint density at radius 2 is 1.95 bits per heavy atom. The van der Waals surface area contributed by atoms with Crippen LogP contribution in [-0.4, -0.2) is 55.9 Å². The van der Waals surface area contributed by atoms with Crippen LogP contribution < -0.4 is 5.32 Å². The normalized spacial score (nSPS) is 24.4. The second-order valence-electron chi connectivity index (χ2n) is 5.29. The molecule has 0 aromatic carbocycles. The highest BCUT2D eigenvalue weighted by Gasteiger charge is 2.37. The summed E-state index contributed by atoms with van der Waals surface area (Å²) in [6.07, 6.45) is 0.317. The van der Waals surface area contributed by atoms with Crippen molar-refractivity contribution in [2.75, 3.05) is 20.8 Å². The number of carbonyl (C=O) groups excluding carboxylic acids is 2. The molecule has 110 valence electrons. The topological polar surface area (TPSA) is 67.9 Å². The van der Waals surface area contributed by atoms with Crippen molar-refractivity contribution in [3.05, 3.63) is 0 Å². The standard InChI is InChI=1S/C13H24N2O4/c1-8(2)11(14-13(17)19-5)12(16)15-7-10(18-4)6-9(15)3/h8-11H,6-7H2,1-5H3,(H,14,17)/t9-,10-,11+/m1/s1. The molecule has 6 nitrogen and oxygen atoms in total. The summed E-state index contributed by atoms with van der Waals surface area (Å²) in [5.41, 5.74) is 0. The molecule has 1 aliphatic heterocycles. The summed E-state index contributed by atoms with van der Waals surface area (Å²) in [7, 11) is 2.94. The Labute approximate surface area is 114 Å². The first-order valence-corrected chi connectivity index (χ1v) is 6.58. The summed E-state index contributed by atoms with van der Waals surface area (Å²) in [6, 6.07) is -0.441. The molecule has 0 unspecified atom stereocenters. The number of likely N-dealkylation sites (tertiary alicyclic amines) is 1. The molecule has 0 saturated carbocycles. The van der Waals surface area contributed by atoms with Gasteiger partial charge < -0.3 is 19.7 Å². The summed E-state index contributed by atoms with van der Waals surface area (Å²) >= 11 is 0. The van der Waals surface area contributed by atoms with Gasteiger partial charge in [-0.15, -0.1) is 0 Å². The molecule has 0 aromatic rings. The molecule has 0 bridgehead atoms. The molecule has 1 heterocycles. The van der Waals surface area contributed by atoms with Crippen LogP contribution in [0.3, 0.4) is 0 Å². The van der Waals surface area contributed by atoms with Crippen LogP contribution >= 0.6 is 0 Å². The van der Waals surface area contributed by atoms with E-state index in [-0.39, 0.29) is 24.0 Å². The molecule has 1 saturated heterocycles. The third kappa shape index (κ3) is 3.83. The van der Waals surface area contributed by atoms with Crippen molar-refractivity contribution >= 4 is 12.0 Å². The number of hydrogen-bond donors (Lipinski definition) is 1. The molecule has 19 heavy (non-hydrogen) atoms. The molecule has 1 rings (SSSR count). The molecule has 1 N–H and O–H groups in total. The van der Waals surface area contributed by atoms with Gasteiger partial charge in [-0.25, -0.2) is 4.79 Å². The van der Waals surface area contributed by atoms with Gasteiger partial charge in [-0.3, -0.25) is 4.79 Å². The van der Waals surface area contributed by atoms with Gasteiger partial charge >= 0.3 is 6.09 Å². The van der Waals surface area contributed by atoms with Crippen molar-refractivity contribution < 1.29 is 19.1 Å². The molecular weight excluding hydrogens is 248 g/mol. The highest BCUT2D eigenvalue weighted by atomic mass is 16.5. The lowest BCUT2D eigenvalue weighted by molar-refractivity contribution is -0.135. The highest BCUT2D eigenvalue weighted by molar-refractivity contribution is 5.86. The van der Waals surface area contributed by atoms with E-state index in [4.69, 9.17) is 4.74 Å². The highest BCUT2D eigenvalue weighted by Crippen LogP contribution is 2.21. The average Bonchev–Trinajstić information content (AvgIpc) is 2.75. The number of carbonyl (C=O) groups is 2. The number of nitrogens with zero attached hydrogens (tertiary/aromatic N) is 1. The fraction of sp³-hybridized carbons (Fsp3) is 0.846. The Morgan fingerprint density at radius 1 is 1.32 bits per heavy atom. The number of amides is 2. The third-order valence-corrected chi connectivity index (χ3v) is 3.54. The zero-order valence-electron chi connectivity index (χ0n) is 12.3. The molecule has 3 atom stereocenters. The van der Waals surface area contributed by atoms with E-state index < -0.39 is 12.1 Å². The fourth-order valence-electron chi connectivity index (χ4n) is 2.34. The number of rotatable bonds is 4. The molecular formula is C13H24N2O4. The van der Waals surface area contributed by atoms with Gasteiger partial charge in [-0.1, -0.05) is 13.8 Å². The maximum atomic E-state index is 12.5. The first kappa shape index (κ1) is 15.8. The van der Waals surface area contributed by atoms with E-state index in [1.54, 1.807) is 12.0 Å². The lowest BCUT2D eigenvalue weighted by atomic mass is 10.0. The van der Waals surface area contributed by atoms with Crippen LogP contribution in [0.5, 0.6) is 0 Å². The maximum Gasteiger partial charge on any atom is 0.407 e. The van der Waals surface area contributed by atoms with Crippen molar-refractivity contribution in [2.24, 2.45) is 5.92 Å². The summed E-state index contributed by atoms with van der Waals surface area (Å²) in [6.45, 7) is 6.36. The number of methoxy groups -OCH3 is 2. The minimum absolute atomic E-state index is 0.000366. The van der Waals surface area contributed by atoms with Crippen LogP contribution in [0.2, 0.25) is 0 Å². The molecule has 0 aliphatic carbocycles. The van der Waals surface area contributed by atoms with E-state index in [0.29, 0.717) is 6.54 Å². The number of hydrogen-bond acceptors (Lipinski definition) is 4. The Bertz CT molecular complexity index is 333. The number of nitrogens with one attached hydrogen (secondary N) is 1. The third-order valence-electron chi connectivity index (χ3n) is 3.54. The Kier molecular flexibility index (Phi) is 5.60. The molecule has 1 aliphatic rings. The van der Waals surface area contributed by atoms with Gasteiger partial charge in [-0.2, -0.15) is 0 Å². The minimum atomic E-state index is -0.581. The quantitative estimate of drug-likeness (QED) is 0.829. The van der Waals surface area contributed by atoms with Crippen LogP contribution in [0.15, 0.2) is 0 Å².